The zero-order valence-corrected chi connectivity index (χ0v) is 23.2. The first-order valence-corrected chi connectivity index (χ1v) is 13.7. The molecule has 202 valence electrons. The minimum Gasteiger partial charge on any atom is -0.512 e. The Bertz CT molecular complexity index is 1420. The number of esters is 1. The standard InChI is InChI=1S/C29H35ClN4O4/c1-17-13-18(2)34-27(31-17)32-25(33-34)15-21-24(35)16-29(38-26(21)36,20-7-5-6-8-20)12-11-19-9-10-22(23(30)14-19)28(3,4)37/h9-10,13-14,20,35,37H,5-8,11-12,15-16H2,1-4H3. The second-order valence-electron chi connectivity index (χ2n) is 11.4. The summed E-state index contributed by atoms with van der Waals surface area (Å²) in [5.41, 5.74) is 1.81. The predicted molar refractivity (Wildman–Crippen MR) is 144 cm³/mol. The Hall–Kier alpha value is -2.97. The molecule has 0 saturated heterocycles. The van der Waals surface area contributed by atoms with Crippen LogP contribution in [0, 0.1) is 19.8 Å². The third-order valence-electron chi connectivity index (χ3n) is 7.98. The Balaban J connectivity index is 1.39. The van der Waals surface area contributed by atoms with Crippen LogP contribution < -0.4 is 0 Å². The van der Waals surface area contributed by atoms with Crippen molar-refractivity contribution in [2.75, 3.05) is 0 Å². The van der Waals surface area contributed by atoms with Gasteiger partial charge in [0.15, 0.2) is 5.82 Å². The first kappa shape index (κ1) is 26.6. The largest absolute Gasteiger partial charge is 0.512 e. The van der Waals surface area contributed by atoms with E-state index in [0.29, 0.717) is 35.0 Å². The van der Waals surface area contributed by atoms with Gasteiger partial charge in [0, 0.05) is 34.8 Å². The van der Waals surface area contributed by atoms with Crippen LogP contribution in [0.25, 0.3) is 5.78 Å². The molecule has 2 N–H and O–H groups in total. The second kappa shape index (κ2) is 9.97. The normalized spacial score (nSPS) is 20.9. The maximum atomic E-state index is 13.4. The number of hydrogen-bond acceptors (Lipinski definition) is 7. The lowest BCUT2D eigenvalue weighted by molar-refractivity contribution is -0.167. The van der Waals surface area contributed by atoms with E-state index < -0.39 is 17.2 Å². The van der Waals surface area contributed by atoms with E-state index in [-0.39, 0.29) is 30.1 Å². The number of ether oxygens (including phenoxy) is 1. The van der Waals surface area contributed by atoms with Crippen molar-refractivity contribution in [3.63, 3.8) is 0 Å². The third-order valence-corrected chi connectivity index (χ3v) is 8.30. The van der Waals surface area contributed by atoms with Crippen LogP contribution in [0.15, 0.2) is 35.6 Å². The number of nitrogens with zero attached hydrogens (tertiary/aromatic N) is 4. The molecule has 1 saturated carbocycles. The van der Waals surface area contributed by atoms with Crippen molar-refractivity contribution >= 4 is 23.3 Å². The molecule has 1 unspecified atom stereocenters. The van der Waals surface area contributed by atoms with Gasteiger partial charge in [-0.2, -0.15) is 4.98 Å². The van der Waals surface area contributed by atoms with Gasteiger partial charge in [0.1, 0.15) is 11.4 Å². The molecule has 2 aromatic heterocycles. The molecule has 1 aliphatic heterocycles. The van der Waals surface area contributed by atoms with Crippen LogP contribution in [-0.4, -0.2) is 41.4 Å². The fourth-order valence-corrected chi connectivity index (χ4v) is 6.43. The van der Waals surface area contributed by atoms with Gasteiger partial charge < -0.3 is 14.9 Å². The Kier molecular flexibility index (Phi) is 6.99. The second-order valence-corrected chi connectivity index (χ2v) is 11.8. The fourth-order valence-electron chi connectivity index (χ4n) is 5.99. The smallest absolute Gasteiger partial charge is 0.338 e. The molecule has 2 aliphatic rings. The average molecular weight is 539 g/mol. The minimum atomic E-state index is -1.03. The van der Waals surface area contributed by atoms with Gasteiger partial charge in [-0.3, -0.25) is 0 Å². The highest BCUT2D eigenvalue weighted by Crippen LogP contribution is 2.46. The molecule has 8 nitrogen and oxygen atoms in total. The number of carbonyl (C=O) groups excluding carboxylic acids is 1. The van der Waals surface area contributed by atoms with Gasteiger partial charge in [-0.1, -0.05) is 36.6 Å². The van der Waals surface area contributed by atoms with Crippen molar-refractivity contribution in [1.82, 2.24) is 19.6 Å². The van der Waals surface area contributed by atoms with Crippen LogP contribution in [0.5, 0.6) is 0 Å². The van der Waals surface area contributed by atoms with E-state index in [0.717, 1.165) is 42.6 Å². The number of aryl methyl sites for hydroxylation is 3. The van der Waals surface area contributed by atoms with Gasteiger partial charge >= 0.3 is 5.97 Å². The summed E-state index contributed by atoms with van der Waals surface area (Å²) < 4.78 is 7.90. The summed E-state index contributed by atoms with van der Waals surface area (Å²) in [4.78, 5) is 22.3. The number of cyclic esters (lactones) is 1. The van der Waals surface area contributed by atoms with E-state index in [2.05, 4.69) is 15.1 Å². The van der Waals surface area contributed by atoms with Gasteiger partial charge in [-0.25, -0.2) is 14.3 Å². The van der Waals surface area contributed by atoms with Crippen LogP contribution in [0.2, 0.25) is 5.02 Å². The first-order chi connectivity index (χ1) is 17.9. The molecule has 0 bridgehead atoms. The molecule has 5 rings (SSSR count). The van der Waals surface area contributed by atoms with E-state index in [1.165, 1.54) is 0 Å². The monoisotopic (exact) mass is 538 g/mol. The summed E-state index contributed by atoms with van der Waals surface area (Å²) >= 11 is 6.48. The molecule has 9 heteroatoms. The zero-order valence-electron chi connectivity index (χ0n) is 22.4. The lowest BCUT2D eigenvalue weighted by Gasteiger charge is -2.41. The molecular weight excluding hydrogens is 504 g/mol. The van der Waals surface area contributed by atoms with Crippen molar-refractivity contribution in [3.8, 4) is 0 Å². The molecule has 0 radical (unpaired) electrons. The van der Waals surface area contributed by atoms with E-state index in [1.807, 2.05) is 38.1 Å². The van der Waals surface area contributed by atoms with Gasteiger partial charge in [-0.15, -0.1) is 5.10 Å². The lowest BCUT2D eigenvalue weighted by atomic mass is 9.76. The van der Waals surface area contributed by atoms with Crippen molar-refractivity contribution < 1.29 is 19.7 Å². The van der Waals surface area contributed by atoms with E-state index in [1.54, 1.807) is 18.4 Å². The predicted octanol–water partition coefficient (Wildman–Crippen LogP) is 5.49. The fraction of sp³-hybridized carbons (Fsp3) is 0.517. The SMILES string of the molecule is Cc1cc(C)n2nc(CC3=C(O)CC(CCc4ccc(C(C)(C)O)c(Cl)c4)(C4CCCC4)OC3=O)nc2n1. The van der Waals surface area contributed by atoms with Crippen molar-refractivity contribution in [1.29, 1.82) is 0 Å². The summed E-state index contributed by atoms with van der Waals surface area (Å²) in [7, 11) is 0. The Morgan fingerprint density at radius 2 is 1.92 bits per heavy atom. The third kappa shape index (κ3) is 5.16. The topological polar surface area (TPSA) is 110 Å². The van der Waals surface area contributed by atoms with Crippen molar-refractivity contribution in [2.45, 2.75) is 90.3 Å². The Morgan fingerprint density at radius 1 is 1.18 bits per heavy atom. The molecule has 0 spiro atoms. The van der Waals surface area contributed by atoms with Gasteiger partial charge in [-0.05, 0) is 77.0 Å². The quantitative estimate of drug-likeness (QED) is 0.383. The maximum Gasteiger partial charge on any atom is 0.338 e. The summed E-state index contributed by atoms with van der Waals surface area (Å²) in [6, 6.07) is 7.59. The van der Waals surface area contributed by atoms with Crippen LogP contribution in [-0.2, 0) is 28.0 Å². The number of aliphatic hydroxyl groups is 2. The van der Waals surface area contributed by atoms with Crippen LogP contribution in [0.4, 0.5) is 0 Å². The summed E-state index contributed by atoms with van der Waals surface area (Å²) in [6.45, 7) is 7.23. The number of fused-ring (bicyclic) bond motifs is 1. The highest BCUT2D eigenvalue weighted by molar-refractivity contribution is 6.31. The minimum absolute atomic E-state index is 0.0586. The summed E-state index contributed by atoms with van der Waals surface area (Å²) in [6.07, 6.45) is 5.68. The van der Waals surface area contributed by atoms with E-state index >= 15 is 0 Å². The van der Waals surface area contributed by atoms with Crippen LogP contribution in [0.3, 0.4) is 0 Å². The number of benzene rings is 1. The molecule has 38 heavy (non-hydrogen) atoms. The van der Waals surface area contributed by atoms with Crippen LogP contribution >= 0.6 is 11.6 Å². The number of rotatable bonds is 7. The highest BCUT2D eigenvalue weighted by atomic mass is 35.5. The summed E-state index contributed by atoms with van der Waals surface area (Å²) in [5.74, 6) is 0.624. The zero-order chi connectivity index (χ0) is 27.2. The Labute approximate surface area is 227 Å². The first-order valence-electron chi connectivity index (χ1n) is 13.3. The van der Waals surface area contributed by atoms with Crippen LogP contribution in [0.1, 0.15) is 80.7 Å². The summed E-state index contributed by atoms with van der Waals surface area (Å²) in [5, 5.41) is 26.5. The average Bonchev–Trinajstić information content (AvgIpc) is 3.50. The number of aliphatic hydroxyl groups excluding tert-OH is 1. The van der Waals surface area contributed by atoms with E-state index in [9.17, 15) is 15.0 Å². The molecular formula is C29H35ClN4O4. The molecule has 1 fully saturated rings. The molecule has 3 heterocycles. The molecule has 1 aliphatic carbocycles. The van der Waals surface area contributed by atoms with Gasteiger partial charge in [0.05, 0.1) is 11.2 Å². The number of halogens is 1. The molecule has 3 aromatic rings. The van der Waals surface area contributed by atoms with Crippen molar-refractivity contribution in [2.24, 2.45) is 5.92 Å². The highest BCUT2D eigenvalue weighted by Gasteiger charge is 2.48. The van der Waals surface area contributed by atoms with Gasteiger partial charge in [0.2, 0.25) is 0 Å². The lowest BCUT2D eigenvalue weighted by Crippen LogP contribution is -2.46. The Morgan fingerprint density at radius 3 is 2.58 bits per heavy atom. The van der Waals surface area contributed by atoms with E-state index in [4.69, 9.17) is 16.3 Å². The number of hydrogen-bond donors (Lipinski definition) is 2. The number of carbonyl (C=O) groups is 1. The van der Waals surface area contributed by atoms with Gasteiger partial charge in [0.25, 0.3) is 5.78 Å². The van der Waals surface area contributed by atoms with Crippen molar-refractivity contribution in [3.05, 3.63) is 69.0 Å². The molecule has 0 amide bonds. The maximum absolute atomic E-state index is 13.4. The number of aromatic nitrogens is 4. The molecule has 1 aromatic carbocycles. The molecule has 1 atom stereocenters.